The Morgan fingerprint density at radius 2 is 1.82 bits per heavy atom. The highest BCUT2D eigenvalue weighted by Gasteiger charge is 2.26. The lowest BCUT2D eigenvalue weighted by molar-refractivity contribution is 1.40. The summed E-state index contributed by atoms with van der Waals surface area (Å²) >= 11 is 0. The fraction of sp³-hybridized carbons (Fsp3) is 0.111. The van der Waals surface area contributed by atoms with E-state index in [2.05, 4.69) is 33.5 Å². The van der Waals surface area contributed by atoms with Gasteiger partial charge in [0.05, 0.1) is 22.8 Å². The second kappa shape index (κ2) is 4.84. The average Bonchev–Trinajstić information content (AvgIpc) is 3.12. The standard InChI is InChI=1S/C18H16N4/c1-19-15-11-7-3-5-9-13(11)21-17(15)18-16(20-2)12-8-4-6-10-14(12)22-18/h3-10,19,21H,1-2H3. The van der Waals surface area contributed by atoms with Crippen molar-refractivity contribution in [3.63, 3.8) is 0 Å². The molecule has 4 heteroatoms. The summed E-state index contributed by atoms with van der Waals surface area (Å²) in [5, 5.41) is 4.46. The number of nitrogens with zero attached hydrogens (tertiary/aromatic N) is 2. The first kappa shape index (κ1) is 12.8. The molecule has 2 aromatic carbocycles. The predicted molar refractivity (Wildman–Crippen MR) is 92.9 cm³/mol. The van der Waals surface area contributed by atoms with Crippen LogP contribution >= 0.6 is 0 Å². The quantitative estimate of drug-likeness (QED) is 0.741. The molecule has 2 N–H and O–H groups in total. The minimum absolute atomic E-state index is 0.893. The van der Waals surface area contributed by atoms with Crippen molar-refractivity contribution in [3.05, 3.63) is 59.8 Å². The van der Waals surface area contributed by atoms with Gasteiger partial charge in [0.25, 0.3) is 0 Å². The molecule has 1 aromatic heterocycles. The van der Waals surface area contributed by atoms with Gasteiger partial charge in [-0.15, -0.1) is 0 Å². The van der Waals surface area contributed by atoms with Gasteiger partial charge in [-0.2, -0.15) is 0 Å². The van der Waals surface area contributed by atoms with E-state index in [1.165, 1.54) is 0 Å². The fourth-order valence-corrected chi connectivity index (χ4v) is 3.05. The lowest BCUT2D eigenvalue weighted by Gasteiger charge is -2.05. The topological polar surface area (TPSA) is 52.5 Å². The van der Waals surface area contributed by atoms with Gasteiger partial charge in [0.2, 0.25) is 0 Å². The number of rotatable bonds is 2. The molecule has 4 rings (SSSR count). The van der Waals surface area contributed by atoms with Crippen molar-refractivity contribution in [2.24, 2.45) is 9.98 Å². The number of hydrogen-bond acceptors (Lipinski definition) is 3. The van der Waals surface area contributed by atoms with E-state index in [1.54, 1.807) is 0 Å². The van der Waals surface area contributed by atoms with Crippen molar-refractivity contribution >= 4 is 33.7 Å². The molecule has 0 amide bonds. The zero-order valence-corrected chi connectivity index (χ0v) is 12.5. The summed E-state index contributed by atoms with van der Waals surface area (Å²) in [4.78, 5) is 12.7. The third-order valence-electron chi connectivity index (χ3n) is 4.03. The van der Waals surface area contributed by atoms with E-state index in [0.717, 1.165) is 45.0 Å². The molecule has 4 nitrogen and oxygen atoms in total. The molecule has 0 spiro atoms. The Labute approximate surface area is 128 Å². The molecule has 2 heterocycles. The Kier molecular flexibility index (Phi) is 2.82. The maximum absolute atomic E-state index is 4.79. The van der Waals surface area contributed by atoms with Crippen LogP contribution < -0.4 is 5.32 Å². The molecule has 0 radical (unpaired) electrons. The number of para-hydroxylation sites is 2. The van der Waals surface area contributed by atoms with Crippen LogP contribution in [0.5, 0.6) is 0 Å². The Balaban J connectivity index is 1.97. The first-order chi connectivity index (χ1) is 10.8. The van der Waals surface area contributed by atoms with Crippen LogP contribution in [0.2, 0.25) is 0 Å². The maximum atomic E-state index is 4.79. The zero-order valence-electron chi connectivity index (χ0n) is 12.5. The van der Waals surface area contributed by atoms with Crippen molar-refractivity contribution in [3.8, 4) is 0 Å². The van der Waals surface area contributed by atoms with E-state index in [0.29, 0.717) is 0 Å². The number of fused-ring (bicyclic) bond motifs is 2. The second-order valence-electron chi connectivity index (χ2n) is 5.22. The molecular weight excluding hydrogens is 272 g/mol. The number of aliphatic imine (C=N–C) groups is 2. The minimum Gasteiger partial charge on any atom is -0.386 e. The van der Waals surface area contributed by atoms with Gasteiger partial charge in [-0.3, -0.25) is 4.99 Å². The normalized spacial score (nSPS) is 15.2. The first-order valence-electron chi connectivity index (χ1n) is 7.27. The lowest BCUT2D eigenvalue weighted by Crippen LogP contribution is -2.14. The van der Waals surface area contributed by atoms with Gasteiger partial charge in [0, 0.05) is 30.6 Å². The van der Waals surface area contributed by atoms with Gasteiger partial charge in [-0.1, -0.05) is 36.4 Å². The van der Waals surface area contributed by atoms with E-state index in [9.17, 15) is 0 Å². The molecule has 0 saturated heterocycles. The molecule has 0 fully saturated rings. The molecule has 0 aliphatic carbocycles. The number of anilines is 1. The van der Waals surface area contributed by atoms with Crippen LogP contribution in [0.4, 0.5) is 11.4 Å². The molecule has 0 atom stereocenters. The van der Waals surface area contributed by atoms with E-state index in [-0.39, 0.29) is 0 Å². The van der Waals surface area contributed by atoms with Gasteiger partial charge in [0.15, 0.2) is 0 Å². The van der Waals surface area contributed by atoms with Crippen LogP contribution in [0, 0.1) is 0 Å². The molecule has 3 aromatic rings. The van der Waals surface area contributed by atoms with E-state index >= 15 is 0 Å². The Morgan fingerprint density at radius 3 is 2.64 bits per heavy atom. The fourth-order valence-electron chi connectivity index (χ4n) is 3.05. The number of nitrogens with one attached hydrogen (secondary N) is 2. The molecule has 22 heavy (non-hydrogen) atoms. The summed E-state index contributed by atoms with van der Waals surface area (Å²) in [6, 6.07) is 16.4. The third-order valence-corrected chi connectivity index (χ3v) is 4.03. The number of hydrogen-bond donors (Lipinski definition) is 2. The number of H-pyrrole nitrogens is 1. The van der Waals surface area contributed by atoms with Crippen LogP contribution in [-0.4, -0.2) is 30.5 Å². The van der Waals surface area contributed by atoms with Crippen LogP contribution in [0.15, 0.2) is 58.5 Å². The SMILES string of the molecule is CN=C1C(c2[nH]c3ccccc3c2NC)=Nc2ccccc21. The molecule has 0 saturated carbocycles. The van der Waals surface area contributed by atoms with Crippen LogP contribution in [0.25, 0.3) is 10.9 Å². The Hall–Kier alpha value is -2.88. The lowest BCUT2D eigenvalue weighted by atomic mass is 10.0. The van der Waals surface area contributed by atoms with Crippen molar-refractivity contribution in [1.29, 1.82) is 0 Å². The average molecular weight is 288 g/mol. The van der Waals surface area contributed by atoms with E-state index < -0.39 is 0 Å². The van der Waals surface area contributed by atoms with Gasteiger partial charge in [-0.05, 0) is 12.1 Å². The molecular formula is C18H16N4. The summed E-state index contributed by atoms with van der Waals surface area (Å²) in [6.45, 7) is 0. The summed E-state index contributed by atoms with van der Waals surface area (Å²) < 4.78 is 0. The highest BCUT2D eigenvalue weighted by molar-refractivity contribution is 6.57. The van der Waals surface area contributed by atoms with Crippen LogP contribution in [0.1, 0.15) is 11.3 Å². The molecule has 1 aliphatic heterocycles. The second-order valence-corrected chi connectivity index (χ2v) is 5.22. The Bertz CT molecular complexity index is 931. The number of aromatic nitrogens is 1. The van der Waals surface area contributed by atoms with Gasteiger partial charge < -0.3 is 10.3 Å². The van der Waals surface area contributed by atoms with Gasteiger partial charge in [-0.25, -0.2) is 4.99 Å². The number of benzene rings is 2. The van der Waals surface area contributed by atoms with Crippen LogP contribution in [0.3, 0.4) is 0 Å². The van der Waals surface area contributed by atoms with Crippen LogP contribution in [-0.2, 0) is 0 Å². The molecule has 0 unspecified atom stereocenters. The van der Waals surface area contributed by atoms with E-state index in [1.807, 2.05) is 44.4 Å². The summed E-state index contributed by atoms with van der Waals surface area (Å²) in [7, 11) is 3.75. The van der Waals surface area contributed by atoms with Crippen molar-refractivity contribution in [2.75, 3.05) is 19.4 Å². The van der Waals surface area contributed by atoms with Gasteiger partial charge in [0.1, 0.15) is 5.71 Å². The summed E-state index contributed by atoms with van der Waals surface area (Å²) in [5.41, 5.74) is 7.02. The minimum atomic E-state index is 0.893. The summed E-state index contributed by atoms with van der Waals surface area (Å²) in [5.74, 6) is 0. The van der Waals surface area contributed by atoms with Crippen molar-refractivity contribution < 1.29 is 0 Å². The van der Waals surface area contributed by atoms with Crippen molar-refractivity contribution in [1.82, 2.24) is 4.98 Å². The third kappa shape index (κ3) is 1.70. The smallest absolute Gasteiger partial charge is 0.115 e. The molecule has 0 bridgehead atoms. The van der Waals surface area contributed by atoms with Gasteiger partial charge >= 0.3 is 0 Å². The van der Waals surface area contributed by atoms with Crippen molar-refractivity contribution in [2.45, 2.75) is 0 Å². The predicted octanol–water partition coefficient (Wildman–Crippen LogP) is 3.76. The molecule has 1 aliphatic rings. The maximum Gasteiger partial charge on any atom is 0.115 e. The summed E-state index contributed by atoms with van der Waals surface area (Å²) in [6.07, 6.45) is 0. The van der Waals surface area contributed by atoms with E-state index in [4.69, 9.17) is 4.99 Å². The highest BCUT2D eigenvalue weighted by Crippen LogP contribution is 2.34. The number of aromatic amines is 1. The highest BCUT2D eigenvalue weighted by atomic mass is 14.9. The monoisotopic (exact) mass is 288 g/mol. The first-order valence-corrected chi connectivity index (χ1v) is 7.27. The molecule has 108 valence electrons. The zero-order chi connectivity index (χ0) is 15.1. The largest absolute Gasteiger partial charge is 0.386 e. The Morgan fingerprint density at radius 1 is 1.05 bits per heavy atom.